The maximum absolute atomic E-state index is 11.3. The third-order valence-corrected chi connectivity index (χ3v) is 5.35. The van der Waals surface area contributed by atoms with Crippen molar-refractivity contribution >= 4 is 9.84 Å². The van der Waals surface area contributed by atoms with Crippen molar-refractivity contribution in [1.29, 1.82) is 0 Å². The predicted octanol–water partition coefficient (Wildman–Crippen LogP) is 2.14. The third kappa shape index (κ3) is 3.57. The summed E-state index contributed by atoms with van der Waals surface area (Å²) in [6, 6.07) is 0. The molecule has 1 saturated carbocycles. The Bertz CT molecular complexity index is 609. The molecule has 0 bridgehead atoms. The van der Waals surface area contributed by atoms with Crippen molar-refractivity contribution in [3.63, 3.8) is 0 Å². The van der Waals surface area contributed by atoms with E-state index in [0.717, 1.165) is 31.9 Å². The number of hydrogen-bond donors (Lipinski definition) is 0. The molecule has 3 rings (SSSR count). The van der Waals surface area contributed by atoms with Crippen molar-refractivity contribution in [3.8, 4) is 5.75 Å². The lowest BCUT2D eigenvalue weighted by molar-refractivity contribution is -0.0749. The van der Waals surface area contributed by atoms with Crippen LogP contribution in [-0.4, -0.2) is 43.0 Å². The van der Waals surface area contributed by atoms with Crippen LogP contribution in [0.2, 0.25) is 0 Å². The SMILES string of the molecule is CS(=O)(=O)c1ncc(OCC2CCC3(CCCCC3)O2)cn1. The Morgan fingerprint density at radius 3 is 2.55 bits per heavy atom. The quantitative estimate of drug-likeness (QED) is 0.789. The lowest BCUT2D eigenvalue weighted by Crippen LogP contribution is -2.32. The van der Waals surface area contributed by atoms with E-state index in [2.05, 4.69) is 9.97 Å². The van der Waals surface area contributed by atoms with Crippen LogP contribution in [0.15, 0.2) is 17.6 Å². The van der Waals surface area contributed by atoms with Crippen LogP contribution in [0.25, 0.3) is 0 Å². The Kier molecular flexibility index (Phi) is 4.36. The number of hydrogen-bond acceptors (Lipinski definition) is 6. The number of rotatable bonds is 4. The van der Waals surface area contributed by atoms with E-state index in [1.54, 1.807) is 0 Å². The summed E-state index contributed by atoms with van der Waals surface area (Å²) < 4.78 is 34.5. The zero-order chi connectivity index (χ0) is 15.6. The van der Waals surface area contributed by atoms with Gasteiger partial charge in [-0.2, -0.15) is 0 Å². The molecule has 2 fully saturated rings. The van der Waals surface area contributed by atoms with Crippen LogP contribution < -0.4 is 4.74 Å². The molecule has 2 heterocycles. The fraction of sp³-hybridized carbons (Fsp3) is 0.733. The standard InChI is InChI=1S/C15H22N2O4S/c1-22(18,19)14-16-9-13(10-17-14)20-11-12-5-8-15(21-12)6-3-2-4-7-15/h9-10,12H,2-8,11H2,1H3. The van der Waals surface area contributed by atoms with Gasteiger partial charge in [0.05, 0.1) is 24.1 Å². The summed E-state index contributed by atoms with van der Waals surface area (Å²) in [5, 5.41) is -0.182. The fourth-order valence-corrected chi connectivity index (χ4v) is 3.82. The highest BCUT2D eigenvalue weighted by Crippen LogP contribution is 2.41. The summed E-state index contributed by atoms with van der Waals surface area (Å²) in [6.45, 7) is 0.462. The van der Waals surface area contributed by atoms with E-state index in [1.165, 1.54) is 31.7 Å². The molecule has 1 spiro atoms. The molecular formula is C15H22N2O4S. The molecule has 0 radical (unpaired) electrons. The van der Waals surface area contributed by atoms with E-state index >= 15 is 0 Å². The van der Waals surface area contributed by atoms with Gasteiger partial charge in [0.2, 0.25) is 15.0 Å². The number of sulfone groups is 1. The lowest BCUT2D eigenvalue weighted by Gasteiger charge is -2.33. The normalized spacial score (nSPS) is 24.5. The third-order valence-electron chi connectivity index (χ3n) is 4.48. The van der Waals surface area contributed by atoms with Crippen LogP contribution in [0, 0.1) is 0 Å². The molecule has 7 heteroatoms. The molecule has 1 aliphatic carbocycles. The van der Waals surface area contributed by atoms with Gasteiger partial charge >= 0.3 is 0 Å². The van der Waals surface area contributed by atoms with Crippen LogP contribution in [-0.2, 0) is 14.6 Å². The van der Waals surface area contributed by atoms with Crippen LogP contribution in [0.1, 0.15) is 44.9 Å². The average Bonchev–Trinajstić information content (AvgIpc) is 2.88. The largest absolute Gasteiger partial charge is 0.488 e. The van der Waals surface area contributed by atoms with Gasteiger partial charge in [-0.05, 0) is 25.7 Å². The van der Waals surface area contributed by atoms with Gasteiger partial charge in [-0.25, -0.2) is 18.4 Å². The molecule has 1 unspecified atom stereocenters. The molecule has 0 amide bonds. The van der Waals surface area contributed by atoms with Crippen molar-refractivity contribution < 1.29 is 17.9 Å². The van der Waals surface area contributed by atoms with Crippen LogP contribution in [0.3, 0.4) is 0 Å². The molecule has 0 aromatic carbocycles. The Morgan fingerprint density at radius 2 is 1.91 bits per heavy atom. The Balaban J connectivity index is 1.53. The monoisotopic (exact) mass is 326 g/mol. The molecule has 1 aromatic rings. The Labute approximate surface area is 131 Å². The maximum atomic E-state index is 11.3. The summed E-state index contributed by atoms with van der Waals surface area (Å²) in [6.07, 6.45) is 12.3. The van der Waals surface area contributed by atoms with E-state index < -0.39 is 9.84 Å². The highest BCUT2D eigenvalue weighted by atomic mass is 32.2. The number of nitrogens with zero attached hydrogens (tertiary/aromatic N) is 2. The molecule has 1 atom stereocenters. The second-order valence-electron chi connectivity index (χ2n) is 6.31. The first-order valence-electron chi connectivity index (χ1n) is 7.80. The van der Waals surface area contributed by atoms with Gasteiger partial charge < -0.3 is 9.47 Å². The first-order valence-corrected chi connectivity index (χ1v) is 9.69. The second-order valence-corrected chi connectivity index (χ2v) is 8.22. The highest BCUT2D eigenvalue weighted by Gasteiger charge is 2.40. The molecule has 1 saturated heterocycles. The zero-order valence-corrected chi connectivity index (χ0v) is 13.6. The second kappa shape index (κ2) is 6.12. The van der Waals surface area contributed by atoms with Gasteiger partial charge in [0.15, 0.2) is 5.75 Å². The minimum Gasteiger partial charge on any atom is -0.488 e. The van der Waals surface area contributed by atoms with E-state index in [1.807, 2.05) is 0 Å². The molecule has 6 nitrogen and oxygen atoms in total. The summed E-state index contributed by atoms with van der Waals surface area (Å²) in [7, 11) is -3.37. The van der Waals surface area contributed by atoms with Gasteiger partial charge in [0.25, 0.3) is 0 Å². The molecule has 1 aliphatic heterocycles. The van der Waals surface area contributed by atoms with Crippen LogP contribution >= 0.6 is 0 Å². The van der Waals surface area contributed by atoms with Gasteiger partial charge in [0.1, 0.15) is 6.61 Å². The number of ether oxygens (including phenoxy) is 2. The van der Waals surface area contributed by atoms with Crippen molar-refractivity contribution in [2.45, 2.75) is 61.8 Å². The molecule has 22 heavy (non-hydrogen) atoms. The van der Waals surface area contributed by atoms with Crippen LogP contribution in [0.5, 0.6) is 5.75 Å². The predicted molar refractivity (Wildman–Crippen MR) is 80.6 cm³/mol. The maximum Gasteiger partial charge on any atom is 0.246 e. The Morgan fingerprint density at radius 1 is 1.23 bits per heavy atom. The molecule has 0 N–H and O–H groups in total. The molecule has 2 aliphatic rings. The van der Waals surface area contributed by atoms with Gasteiger partial charge in [-0.15, -0.1) is 0 Å². The minimum absolute atomic E-state index is 0.0862. The Hall–Kier alpha value is -1.21. The summed E-state index contributed by atoms with van der Waals surface area (Å²) >= 11 is 0. The average molecular weight is 326 g/mol. The van der Waals surface area contributed by atoms with E-state index in [4.69, 9.17) is 9.47 Å². The topological polar surface area (TPSA) is 78.4 Å². The fourth-order valence-electron chi connectivity index (χ4n) is 3.34. The zero-order valence-electron chi connectivity index (χ0n) is 12.8. The first-order chi connectivity index (χ1) is 10.5. The minimum atomic E-state index is -3.37. The molecular weight excluding hydrogens is 304 g/mol. The molecule has 1 aromatic heterocycles. The summed E-state index contributed by atoms with van der Waals surface area (Å²) in [5.74, 6) is 0.473. The summed E-state index contributed by atoms with van der Waals surface area (Å²) in [5.41, 5.74) is 0.0862. The van der Waals surface area contributed by atoms with Gasteiger partial charge in [-0.3, -0.25) is 0 Å². The highest BCUT2D eigenvalue weighted by molar-refractivity contribution is 7.90. The van der Waals surface area contributed by atoms with E-state index in [0.29, 0.717) is 12.4 Å². The van der Waals surface area contributed by atoms with Gasteiger partial charge in [0, 0.05) is 6.26 Å². The number of aromatic nitrogens is 2. The lowest BCUT2D eigenvalue weighted by atomic mass is 9.83. The smallest absolute Gasteiger partial charge is 0.246 e. The first kappa shape index (κ1) is 15.7. The van der Waals surface area contributed by atoms with Gasteiger partial charge in [-0.1, -0.05) is 19.3 Å². The van der Waals surface area contributed by atoms with E-state index in [9.17, 15) is 8.42 Å². The van der Waals surface area contributed by atoms with E-state index in [-0.39, 0.29) is 16.9 Å². The van der Waals surface area contributed by atoms with Crippen molar-refractivity contribution in [2.24, 2.45) is 0 Å². The van der Waals surface area contributed by atoms with Crippen molar-refractivity contribution in [3.05, 3.63) is 12.4 Å². The van der Waals surface area contributed by atoms with Crippen molar-refractivity contribution in [2.75, 3.05) is 12.9 Å². The molecule has 122 valence electrons. The summed E-state index contributed by atoms with van der Waals surface area (Å²) in [4.78, 5) is 7.63. The van der Waals surface area contributed by atoms with Crippen LogP contribution in [0.4, 0.5) is 0 Å². The van der Waals surface area contributed by atoms with Crippen molar-refractivity contribution in [1.82, 2.24) is 9.97 Å².